The van der Waals surface area contributed by atoms with E-state index in [1.54, 1.807) is 45.5 Å². The zero-order valence-electron chi connectivity index (χ0n) is 18.3. The number of ether oxygens (including phenoxy) is 3. The number of fused-ring (bicyclic) bond motifs is 1. The molecule has 0 saturated carbocycles. The highest BCUT2D eigenvalue weighted by Gasteiger charge is 2.32. The third-order valence-corrected chi connectivity index (χ3v) is 5.28. The molecule has 170 valence electrons. The predicted octanol–water partition coefficient (Wildman–Crippen LogP) is 3.76. The Morgan fingerprint density at radius 1 is 1.12 bits per heavy atom. The Labute approximate surface area is 189 Å². The minimum atomic E-state index is -0.839. The van der Waals surface area contributed by atoms with Crippen LogP contribution in [0.15, 0.2) is 59.9 Å². The lowest BCUT2D eigenvalue weighted by molar-refractivity contribution is -0.140. The van der Waals surface area contributed by atoms with Crippen molar-refractivity contribution < 1.29 is 28.2 Å². The lowest BCUT2D eigenvalue weighted by Gasteiger charge is -2.28. The summed E-state index contributed by atoms with van der Waals surface area (Å²) in [6, 6.07) is 9.77. The second kappa shape index (κ2) is 9.15. The number of methoxy groups -OCH3 is 2. The summed E-state index contributed by atoms with van der Waals surface area (Å²) in [5.41, 5.74) is 2.33. The van der Waals surface area contributed by atoms with Crippen LogP contribution in [-0.2, 0) is 16.1 Å². The van der Waals surface area contributed by atoms with Crippen molar-refractivity contribution in [2.75, 3.05) is 14.2 Å². The summed E-state index contributed by atoms with van der Waals surface area (Å²) in [5.74, 6) is 0.0135. The van der Waals surface area contributed by atoms with Gasteiger partial charge in [-0.1, -0.05) is 12.1 Å². The molecule has 8 nitrogen and oxygen atoms in total. The number of nitrogens with one attached hydrogen (secondary N) is 2. The highest BCUT2D eigenvalue weighted by Crippen LogP contribution is 2.32. The number of esters is 1. The number of amides is 2. The first kappa shape index (κ1) is 22.1. The minimum absolute atomic E-state index is 0.0449. The molecule has 1 aliphatic heterocycles. The van der Waals surface area contributed by atoms with E-state index in [1.807, 2.05) is 6.07 Å². The Bertz CT molecular complexity index is 1270. The number of rotatable bonds is 6. The van der Waals surface area contributed by atoms with Gasteiger partial charge in [-0.05, 0) is 36.8 Å². The van der Waals surface area contributed by atoms with Crippen LogP contribution >= 0.6 is 0 Å². The third kappa shape index (κ3) is 4.57. The number of nitrogens with zero attached hydrogens (tertiary/aromatic N) is 1. The molecule has 1 aromatic heterocycles. The standard InChI is InChI=1S/C24H22FN3O5/c1-13-21(22(28-24(30)27-13)15-5-4-6-17(25)8-15)23(29)33-12-14-7-16-9-19(31-2)20(32-3)10-18(16)26-11-14/h4-11,22H,12H2,1-3H3,(H2,27,28,30). The van der Waals surface area contributed by atoms with Crippen molar-refractivity contribution in [2.24, 2.45) is 0 Å². The molecule has 1 unspecified atom stereocenters. The van der Waals surface area contributed by atoms with Gasteiger partial charge in [-0.25, -0.2) is 14.0 Å². The van der Waals surface area contributed by atoms with E-state index < -0.39 is 23.9 Å². The molecule has 0 aliphatic carbocycles. The molecule has 2 amide bonds. The Hall–Kier alpha value is -4.14. The van der Waals surface area contributed by atoms with E-state index in [0.29, 0.717) is 33.8 Å². The van der Waals surface area contributed by atoms with E-state index in [-0.39, 0.29) is 12.2 Å². The van der Waals surface area contributed by atoms with E-state index >= 15 is 0 Å². The second-order valence-electron chi connectivity index (χ2n) is 7.44. The first-order valence-electron chi connectivity index (χ1n) is 10.1. The van der Waals surface area contributed by atoms with Crippen LogP contribution in [0.2, 0.25) is 0 Å². The summed E-state index contributed by atoms with van der Waals surface area (Å²) < 4.78 is 29.9. The smallest absolute Gasteiger partial charge is 0.338 e. The van der Waals surface area contributed by atoms with Gasteiger partial charge in [-0.2, -0.15) is 0 Å². The van der Waals surface area contributed by atoms with Crippen molar-refractivity contribution in [1.29, 1.82) is 0 Å². The van der Waals surface area contributed by atoms with Crippen LogP contribution in [-0.4, -0.2) is 31.2 Å². The average molecular weight is 451 g/mol. The molecule has 0 radical (unpaired) electrons. The van der Waals surface area contributed by atoms with Crippen molar-refractivity contribution in [2.45, 2.75) is 19.6 Å². The van der Waals surface area contributed by atoms with Gasteiger partial charge in [0.05, 0.1) is 31.4 Å². The summed E-state index contributed by atoms with van der Waals surface area (Å²) in [7, 11) is 3.10. The maximum absolute atomic E-state index is 13.8. The Morgan fingerprint density at radius 3 is 2.61 bits per heavy atom. The van der Waals surface area contributed by atoms with Crippen molar-refractivity contribution >= 4 is 22.9 Å². The van der Waals surface area contributed by atoms with Crippen molar-refractivity contribution in [3.05, 3.63) is 76.9 Å². The largest absolute Gasteiger partial charge is 0.493 e. The van der Waals surface area contributed by atoms with Gasteiger partial charge in [0.25, 0.3) is 0 Å². The van der Waals surface area contributed by atoms with Crippen LogP contribution in [0.5, 0.6) is 11.5 Å². The van der Waals surface area contributed by atoms with Crippen molar-refractivity contribution in [3.63, 3.8) is 0 Å². The fraction of sp³-hybridized carbons (Fsp3) is 0.208. The molecule has 4 rings (SSSR count). The molecule has 2 aromatic carbocycles. The van der Waals surface area contributed by atoms with Crippen LogP contribution < -0.4 is 20.1 Å². The topological polar surface area (TPSA) is 98.8 Å². The van der Waals surface area contributed by atoms with Gasteiger partial charge >= 0.3 is 12.0 Å². The van der Waals surface area contributed by atoms with Crippen LogP contribution in [0.4, 0.5) is 9.18 Å². The maximum Gasteiger partial charge on any atom is 0.338 e. The lowest BCUT2D eigenvalue weighted by Crippen LogP contribution is -2.45. The number of carbonyl (C=O) groups is 2. The molecule has 1 aliphatic rings. The van der Waals surface area contributed by atoms with E-state index in [9.17, 15) is 14.0 Å². The number of halogens is 1. The van der Waals surface area contributed by atoms with Gasteiger partial charge < -0.3 is 24.8 Å². The molecule has 9 heteroatoms. The molecule has 0 bridgehead atoms. The molecule has 2 N–H and O–H groups in total. The molecular weight excluding hydrogens is 429 g/mol. The maximum atomic E-state index is 13.8. The van der Waals surface area contributed by atoms with Crippen LogP contribution in [0.25, 0.3) is 10.9 Å². The molecule has 0 fully saturated rings. The first-order valence-corrected chi connectivity index (χ1v) is 10.1. The molecule has 1 atom stereocenters. The molecule has 0 spiro atoms. The van der Waals surface area contributed by atoms with E-state index in [4.69, 9.17) is 14.2 Å². The predicted molar refractivity (Wildman–Crippen MR) is 118 cm³/mol. The Kier molecular flexibility index (Phi) is 6.12. The van der Waals surface area contributed by atoms with Gasteiger partial charge in [0, 0.05) is 28.9 Å². The van der Waals surface area contributed by atoms with Crippen LogP contribution in [0.1, 0.15) is 24.1 Å². The van der Waals surface area contributed by atoms with Gasteiger partial charge in [0.2, 0.25) is 0 Å². The molecule has 3 aromatic rings. The van der Waals surface area contributed by atoms with Crippen molar-refractivity contribution in [3.8, 4) is 11.5 Å². The molecule has 0 saturated heterocycles. The average Bonchev–Trinajstić information content (AvgIpc) is 2.81. The lowest BCUT2D eigenvalue weighted by atomic mass is 9.95. The fourth-order valence-electron chi connectivity index (χ4n) is 3.71. The number of carbonyl (C=O) groups excluding carboxylic acids is 2. The van der Waals surface area contributed by atoms with E-state index in [0.717, 1.165) is 5.39 Å². The number of allylic oxidation sites excluding steroid dienone is 1. The van der Waals surface area contributed by atoms with E-state index in [2.05, 4.69) is 15.6 Å². The zero-order chi connectivity index (χ0) is 23.5. The number of benzene rings is 2. The second-order valence-corrected chi connectivity index (χ2v) is 7.44. The summed E-state index contributed by atoms with van der Waals surface area (Å²) in [5, 5.41) is 6.01. The highest BCUT2D eigenvalue weighted by molar-refractivity contribution is 5.95. The fourth-order valence-corrected chi connectivity index (χ4v) is 3.71. The molecule has 33 heavy (non-hydrogen) atoms. The summed E-state index contributed by atoms with van der Waals surface area (Å²) in [6.45, 7) is 1.55. The zero-order valence-corrected chi connectivity index (χ0v) is 18.3. The molecular formula is C24H22FN3O5. The summed E-state index contributed by atoms with van der Waals surface area (Å²) >= 11 is 0. The number of hydrogen-bond donors (Lipinski definition) is 2. The minimum Gasteiger partial charge on any atom is -0.493 e. The van der Waals surface area contributed by atoms with E-state index in [1.165, 1.54) is 18.2 Å². The Morgan fingerprint density at radius 2 is 1.88 bits per heavy atom. The van der Waals surface area contributed by atoms with Crippen molar-refractivity contribution in [1.82, 2.24) is 15.6 Å². The number of aromatic nitrogens is 1. The van der Waals surface area contributed by atoms with Gasteiger partial charge in [0.15, 0.2) is 11.5 Å². The number of pyridine rings is 1. The van der Waals surface area contributed by atoms with Crippen LogP contribution in [0.3, 0.4) is 0 Å². The first-order chi connectivity index (χ1) is 15.9. The molecule has 2 heterocycles. The summed E-state index contributed by atoms with van der Waals surface area (Å²) in [6.07, 6.45) is 1.60. The Balaban J connectivity index is 1.57. The highest BCUT2D eigenvalue weighted by atomic mass is 19.1. The third-order valence-electron chi connectivity index (χ3n) is 5.28. The quantitative estimate of drug-likeness (QED) is 0.554. The normalized spacial score (nSPS) is 15.6. The van der Waals surface area contributed by atoms with Gasteiger partial charge in [-0.15, -0.1) is 0 Å². The summed E-state index contributed by atoms with van der Waals surface area (Å²) in [4.78, 5) is 29.4. The number of urea groups is 1. The van der Waals surface area contributed by atoms with Gasteiger partial charge in [0.1, 0.15) is 12.4 Å². The number of hydrogen-bond acceptors (Lipinski definition) is 6. The van der Waals surface area contributed by atoms with Crippen LogP contribution in [0, 0.1) is 5.82 Å². The SMILES string of the molecule is COc1cc2cc(COC(=O)C3=C(C)NC(=O)NC3c3cccc(F)c3)cnc2cc1OC. The van der Waals surface area contributed by atoms with Gasteiger partial charge in [-0.3, -0.25) is 4.98 Å². The monoisotopic (exact) mass is 451 g/mol.